The van der Waals surface area contributed by atoms with Crippen molar-refractivity contribution >= 4 is 27.5 Å². The standard InChI is InChI=1S/C17H26N4O3S2/c1-13-9-14(2)11-20(10-13)16-18-19-17(25-7-8-26(3,22)23)21(16)12-15-5-4-6-24-15/h4-6,13-14H,7-12H2,1-3H3. The molecule has 2 aromatic rings. The van der Waals surface area contributed by atoms with Crippen LogP contribution in [0.3, 0.4) is 0 Å². The second-order valence-electron chi connectivity index (χ2n) is 7.28. The van der Waals surface area contributed by atoms with Gasteiger partial charge < -0.3 is 9.32 Å². The first kappa shape index (κ1) is 19.3. The van der Waals surface area contributed by atoms with Gasteiger partial charge >= 0.3 is 0 Å². The Morgan fingerprint density at radius 3 is 2.62 bits per heavy atom. The maximum Gasteiger partial charge on any atom is 0.228 e. The van der Waals surface area contributed by atoms with Gasteiger partial charge in [0.1, 0.15) is 15.6 Å². The molecule has 144 valence electrons. The third kappa shape index (κ3) is 5.03. The van der Waals surface area contributed by atoms with E-state index in [4.69, 9.17) is 4.42 Å². The van der Waals surface area contributed by atoms with Crippen molar-refractivity contribution in [2.45, 2.75) is 32.0 Å². The zero-order valence-corrected chi connectivity index (χ0v) is 17.1. The Kier molecular flexibility index (Phi) is 5.96. The van der Waals surface area contributed by atoms with Crippen LogP contribution in [0.2, 0.25) is 0 Å². The van der Waals surface area contributed by atoms with E-state index in [2.05, 4.69) is 28.9 Å². The fraction of sp³-hybridized carbons (Fsp3) is 0.647. The van der Waals surface area contributed by atoms with E-state index in [-0.39, 0.29) is 5.75 Å². The predicted octanol–water partition coefficient (Wildman–Crippen LogP) is 2.54. The van der Waals surface area contributed by atoms with Crippen LogP contribution in [0.5, 0.6) is 0 Å². The molecule has 1 aliphatic rings. The van der Waals surface area contributed by atoms with Crippen LogP contribution >= 0.6 is 11.8 Å². The van der Waals surface area contributed by atoms with E-state index in [1.807, 2.05) is 16.7 Å². The van der Waals surface area contributed by atoms with Crippen LogP contribution in [0.25, 0.3) is 0 Å². The summed E-state index contributed by atoms with van der Waals surface area (Å²) in [6.45, 7) is 6.97. The van der Waals surface area contributed by atoms with Gasteiger partial charge in [-0.15, -0.1) is 10.2 Å². The van der Waals surface area contributed by atoms with Gasteiger partial charge in [-0.3, -0.25) is 4.57 Å². The molecule has 2 aromatic heterocycles. The summed E-state index contributed by atoms with van der Waals surface area (Å²) in [4.78, 5) is 2.29. The largest absolute Gasteiger partial charge is 0.467 e. The predicted molar refractivity (Wildman–Crippen MR) is 103 cm³/mol. The molecule has 0 bridgehead atoms. The molecule has 1 aliphatic heterocycles. The highest BCUT2D eigenvalue weighted by Crippen LogP contribution is 2.29. The minimum atomic E-state index is -2.99. The number of thioether (sulfide) groups is 1. The lowest BCUT2D eigenvalue weighted by atomic mass is 9.92. The van der Waals surface area contributed by atoms with Crippen molar-refractivity contribution in [1.29, 1.82) is 0 Å². The Morgan fingerprint density at radius 1 is 1.27 bits per heavy atom. The number of hydrogen-bond donors (Lipinski definition) is 0. The Bertz CT molecular complexity index is 807. The molecular formula is C17H26N4O3S2. The van der Waals surface area contributed by atoms with Gasteiger partial charge in [-0.2, -0.15) is 0 Å². The van der Waals surface area contributed by atoms with Gasteiger partial charge in [-0.25, -0.2) is 8.42 Å². The summed E-state index contributed by atoms with van der Waals surface area (Å²) in [7, 11) is -2.99. The first-order valence-corrected chi connectivity index (χ1v) is 11.9. The lowest BCUT2D eigenvalue weighted by Gasteiger charge is -2.35. The number of hydrogen-bond acceptors (Lipinski definition) is 7. The number of anilines is 1. The Labute approximate surface area is 159 Å². The van der Waals surface area contributed by atoms with Crippen LogP contribution in [-0.2, 0) is 16.4 Å². The zero-order chi connectivity index (χ0) is 18.7. The topological polar surface area (TPSA) is 81.2 Å². The van der Waals surface area contributed by atoms with Crippen LogP contribution in [0.15, 0.2) is 28.0 Å². The fourth-order valence-electron chi connectivity index (χ4n) is 3.43. The molecule has 2 atom stereocenters. The Balaban J connectivity index is 1.83. The number of nitrogens with zero attached hydrogens (tertiary/aromatic N) is 4. The number of rotatable bonds is 7. The van der Waals surface area contributed by atoms with Crippen molar-refractivity contribution in [1.82, 2.24) is 14.8 Å². The second kappa shape index (κ2) is 8.04. The first-order chi connectivity index (χ1) is 12.3. The van der Waals surface area contributed by atoms with E-state index in [1.54, 1.807) is 6.26 Å². The molecule has 1 fully saturated rings. The molecule has 0 N–H and O–H groups in total. The minimum absolute atomic E-state index is 0.123. The van der Waals surface area contributed by atoms with Gasteiger partial charge in [0.25, 0.3) is 0 Å². The third-order valence-electron chi connectivity index (χ3n) is 4.43. The number of piperidine rings is 1. The van der Waals surface area contributed by atoms with Gasteiger partial charge in [0.2, 0.25) is 5.95 Å². The van der Waals surface area contributed by atoms with E-state index in [0.717, 1.165) is 30.0 Å². The molecule has 7 nitrogen and oxygen atoms in total. The summed E-state index contributed by atoms with van der Waals surface area (Å²) >= 11 is 1.42. The normalized spacial score (nSPS) is 21.3. The summed E-state index contributed by atoms with van der Waals surface area (Å²) in [5.41, 5.74) is 0. The fourth-order valence-corrected chi connectivity index (χ4v) is 5.56. The van der Waals surface area contributed by atoms with E-state index in [0.29, 0.717) is 24.1 Å². The monoisotopic (exact) mass is 398 g/mol. The lowest BCUT2D eigenvalue weighted by Crippen LogP contribution is -2.40. The average molecular weight is 399 g/mol. The molecule has 0 amide bonds. The summed E-state index contributed by atoms with van der Waals surface area (Å²) in [6, 6.07) is 3.79. The van der Waals surface area contributed by atoms with Crippen LogP contribution in [0.1, 0.15) is 26.0 Å². The highest BCUT2D eigenvalue weighted by atomic mass is 32.2. The molecule has 26 heavy (non-hydrogen) atoms. The van der Waals surface area contributed by atoms with Crippen LogP contribution in [0.4, 0.5) is 5.95 Å². The van der Waals surface area contributed by atoms with Crippen molar-refractivity contribution in [2.24, 2.45) is 11.8 Å². The molecule has 2 unspecified atom stereocenters. The number of aromatic nitrogens is 3. The molecule has 3 heterocycles. The van der Waals surface area contributed by atoms with Crippen LogP contribution < -0.4 is 4.90 Å². The van der Waals surface area contributed by atoms with Crippen LogP contribution in [-0.4, -0.2) is 54.0 Å². The Hall–Kier alpha value is -1.48. The SMILES string of the molecule is CC1CC(C)CN(c2nnc(SCCS(C)(=O)=O)n2Cc2ccco2)C1. The van der Waals surface area contributed by atoms with Crippen LogP contribution in [0, 0.1) is 11.8 Å². The van der Waals surface area contributed by atoms with Gasteiger partial charge in [-0.05, 0) is 30.4 Å². The summed E-state index contributed by atoms with van der Waals surface area (Å²) < 4.78 is 30.4. The van der Waals surface area contributed by atoms with Crippen molar-refractivity contribution in [3.8, 4) is 0 Å². The van der Waals surface area contributed by atoms with Crippen molar-refractivity contribution in [2.75, 3.05) is 35.8 Å². The van der Waals surface area contributed by atoms with Gasteiger partial charge in [0.15, 0.2) is 5.16 Å². The van der Waals surface area contributed by atoms with Crippen molar-refractivity contribution in [3.63, 3.8) is 0 Å². The highest BCUT2D eigenvalue weighted by Gasteiger charge is 2.27. The average Bonchev–Trinajstić information content (AvgIpc) is 3.16. The van der Waals surface area contributed by atoms with Gasteiger partial charge in [0, 0.05) is 25.1 Å². The van der Waals surface area contributed by atoms with Crippen molar-refractivity contribution < 1.29 is 12.8 Å². The van der Waals surface area contributed by atoms with E-state index in [9.17, 15) is 8.42 Å². The Morgan fingerprint density at radius 2 is 2.00 bits per heavy atom. The maximum atomic E-state index is 11.4. The molecular weight excluding hydrogens is 372 g/mol. The minimum Gasteiger partial charge on any atom is -0.467 e. The summed E-state index contributed by atoms with van der Waals surface area (Å²) in [6.07, 6.45) is 4.13. The molecule has 0 saturated carbocycles. The third-order valence-corrected chi connectivity index (χ3v) is 6.60. The van der Waals surface area contributed by atoms with E-state index in [1.165, 1.54) is 24.4 Å². The molecule has 0 radical (unpaired) electrons. The number of sulfone groups is 1. The second-order valence-corrected chi connectivity index (χ2v) is 10.6. The highest BCUT2D eigenvalue weighted by molar-refractivity contribution is 8.00. The van der Waals surface area contributed by atoms with E-state index < -0.39 is 9.84 Å². The summed E-state index contributed by atoms with van der Waals surface area (Å²) in [5, 5.41) is 9.50. The molecule has 0 aliphatic carbocycles. The quantitative estimate of drug-likeness (QED) is 0.663. The van der Waals surface area contributed by atoms with Gasteiger partial charge in [-0.1, -0.05) is 25.6 Å². The molecule has 3 rings (SSSR count). The smallest absolute Gasteiger partial charge is 0.228 e. The number of furan rings is 1. The molecule has 1 saturated heterocycles. The maximum absolute atomic E-state index is 11.4. The lowest BCUT2D eigenvalue weighted by molar-refractivity contribution is 0.350. The van der Waals surface area contributed by atoms with E-state index >= 15 is 0 Å². The first-order valence-electron chi connectivity index (χ1n) is 8.83. The molecule has 9 heteroatoms. The van der Waals surface area contributed by atoms with Crippen molar-refractivity contribution in [3.05, 3.63) is 24.2 Å². The summed E-state index contributed by atoms with van der Waals surface area (Å²) in [5.74, 6) is 3.46. The van der Waals surface area contributed by atoms with Gasteiger partial charge in [0.05, 0.1) is 18.6 Å². The zero-order valence-electron chi connectivity index (χ0n) is 15.5. The molecule has 0 aromatic carbocycles. The molecule has 0 spiro atoms.